The van der Waals surface area contributed by atoms with Crippen LogP contribution in [0.3, 0.4) is 0 Å². The van der Waals surface area contributed by atoms with Crippen LogP contribution in [-0.4, -0.2) is 74.2 Å². The Hall–Kier alpha value is -3.35. The number of rotatable bonds is 9. The van der Waals surface area contributed by atoms with Gasteiger partial charge in [0.05, 0.1) is 24.6 Å². The Labute approximate surface area is 227 Å². The van der Waals surface area contributed by atoms with Crippen molar-refractivity contribution in [2.24, 2.45) is 7.05 Å². The molecule has 0 saturated carbocycles. The minimum Gasteiger partial charge on any atom is -0.493 e. The molecule has 2 aromatic heterocycles. The van der Waals surface area contributed by atoms with E-state index in [-0.39, 0.29) is 5.03 Å². The number of hydrogen-bond donors (Lipinski definition) is 1. The number of benzene rings is 2. The number of aryl methyl sites for hydroxylation is 2. The Kier molecular flexibility index (Phi) is 7.46. The number of sulfonamides is 1. The Bertz CT molecular complexity index is 1520. The number of methoxy groups -OCH3 is 2. The van der Waals surface area contributed by atoms with Crippen LogP contribution in [0.5, 0.6) is 11.5 Å². The van der Waals surface area contributed by atoms with E-state index in [4.69, 9.17) is 13.8 Å². The molecule has 3 heterocycles. The molecule has 38 heavy (non-hydrogen) atoms. The van der Waals surface area contributed by atoms with E-state index in [0.29, 0.717) is 29.4 Å². The number of hydrogen-bond acceptors (Lipinski definition) is 9. The first-order chi connectivity index (χ1) is 18.3. The Morgan fingerprint density at radius 3 is 2.45 bits per heavy atom. The van der Waals surface area contributed by atoms with Gasteiger partial charge in [0.2, 0.25) is 0 Å². The molecule has 2 aromatic carbocycles. The highest BCUT2D eigenvalue weighted by Crippen LogP contribution is 2.35. The first-order valence-electron chi connectivity index (χ1n) is 12.4. The first-order valence-corrected chi connectivity index (χ1v) is 14.6. The average molecular weight is 557 g/mol. The van der Waals surface area contributed by atoms with Crippen molar-refractivity contribution in [2.75, 3.05) is 56.6 Å². The number of piperazine rings is 1. The molecule has 0 aliphatic carbocycles. The third kappa shape index (κ3) is 5.29. The molecule has 12 heteroatoms. The van der Waals surface area contributed by atoms with E-state index in [1.165, 1.54) is 34.9 Å². The second kappa shape index (κ2) is 10.8. The van der Waals surface area contributed by atoms with Gasteiger partial charge in [-0.2, -0.15) is 12.8 Å². The Balaban J connectivity index is 1.30. The summed E-state index contributed by atoms with van der Waals surface area (Å²) < 4.78 is 47.5. The molecule has 4 aromatic rings. The van der Waals surface area contributed by atoms with E-state index < -0.39 is 10.0 Å². The minimum atomic E-state index is -3.88. The minimum absolute atomic E-state index is 0.0241. The third-order valence-electron chi connectivity index (χ3n) is 6.94. The summed E-state index contributed by atoms with van der Waals surface area (Å²) in [7, 11) is 0.987. The molecule has 0 unspecified atom stereocenters. The van der Waals surface area contributed by atoms with Crippen molar-refractivity contribution >= 4 is 43.1 Å². The maximum atomic E-state index is 13.1. The van der Waals surface area contributed by atoms with Crippen LogP contribution in [0.1, 0.15) is 11.4 Å². The number of fused-ring (bicyclic) bond motifs is 1. The van der Waals surface area contributed by atoms with Gasteiger partial charge < -0.3 is 18.9 Å². The highest BCUT2D eigenvalue weighted by molar-refractivity contribution is 7.92. The second-order valence-corrected chi connectivity index (χ2v) is 11.7. The topological polar surface area (TPSA) is 102 Å². The zero-order chi connectivity index (χ0) is 26.9. The molecule has 0 amide bonds. The van der Waals surface area contributed by atoms with Crippen molar-refractivity contribution < 1.29 is 17.9 Å². The van der Waals surface area contributed by atoms with Crippen LogP contribution in [0.25, 0.3) is 10.1 Å². The number of anilines is 2. The lowest BCUT2D eigenvalue weighted by molar-refractivity contribution is 0.260. The largest absolute Gasteiger partial charge is 0.493 e. The fraction of sp³-hybridized carbons (Fsp3) is 0.385. The van der Waals surface area contributed by atoms with Gasteiger partial charge in [0.15, 0.2) is 16.5 Å². The van der Waals surface area contributed by atoms with Gasteiger partial charge in [-0.25, -0.2) is 4.98 Å². The monoisotopic (exact) mass is 556 g/mol. The lowest BCUT2D eigenvalue weighted by Gasteiger charge is -2.35. The van der Waals surface area contributed by atoms with Gasteiger partial charge in [0.1, 0.15) is 11.6 Å². The summed E-state index contributed by atoms with van der Waals surface area (Å²) in [6.45, 7) is 6.10. The molecule has 10 nitrogen and oxygen atoms in total. The number of nitrogens with one attached hydrogen (secondary N) is 1. The van der Waals surface area contributed by atoms with Gasteiger partial charge in [-0.3, -0.25) is 9.62 Å². The second-order valence-electron chi connectivity index (χ2n) is 9.29. The molecule has 202 valence electrons. The third-order valence-corrected chi connectivity index (χ3v) is 9.00. The number of aromatic nitrogens is 3. The summed E-state index contributed by atoms with van der Waals surface area (Å²) in [5.74, 6) is 2.68. The van der Waals surface area contributed by atoms with Crippen LogP contribution in [0.4, 0.5) is 11.5 Å². The predicted octanol–water partition coefficient (Wildman–Crippen LogP) is 3.52. The smallest absolute Gasteiger partial charge is 0.280 e. The SMILES string of the molecule is COc1cc(CCN2CCN(c3nsc4ccccc34)CC2)c(NS(=O)(=O)c2cn(C)c(C)n2)cc1OC. The summed E-state index contributed by atoms with van der Waals surface area (Å²) in [4.78, 5) is 8.93. The van der Waals surface area contributed by atoms with Crippen molar-refractivity contribution in [1.82, 2.24) is 18.8 Å². The van der Waals surface area contributed by atoms with Crippen LogP contribution >= 0.6 is 11.5 Å². The maximum Gasteiger partial charge on any atom is 0.280 e. The highest BCUT2D eigenvalue weighted by Gasteiger charge is 2.24. The molecule has 0 bridgehead atoms. The number of nitrogens with zero attached hydrogens (tertiary/aromatic N) is 5. The van der Waals surface area contributed by atoms with Crippen molar-refractivity contribution in [2.45, 2.75) is 18.4 Å². The van der Waals surface area contributed by atoms with E-state index in [2.05, 4.69) is 37.7 Å². The normalized spacial score (nSPS) is 14.7. The summed E-state index contributed by atoms with van der Waals surface area (Å²) in [6.07, 6.45) is 2.14. The van der Waals surface area contributed by atoms with Crippen molar-refractivity contribution in [1.29, 1.82) is 0 Å². The van der Waals surface area contributed by atoms with Crippen molar-refractivity contribution in [3.05, 3.63) is 54.0 Å². The summed E-state index contributed by atoms with van der Waals surface area (Å²) in [5.41, 5.74) is 1.28. The van der Waals surface area contributed by atoms with E-state index in [1.807, 2.05) is 12.1 Å². The predicted molar refractivity (Wildman–Crippen MR) is 150 cm³/mol. The fourth-order valence-electron chi connectivity index (χ4n) is 4.64. The molecular formula is C26H32N6O4S2. The lowest BCUT2D eigenvalue weighted by atomic mass is 10.1. The van der Waals surface area contributed by atoms with Crippen molar-refractivity contribution in [3.8, 4) is 11.5 Å². The van der Waals surface area contributed by atoms with Gasteiger partial charge in [-0.15, -0.1) is 0 Å². The van der Waals surface area contributed by atoms with Gasteiger partial charge in [0.25, 0.3) is 10.0 Å². The van der Waals surface area contributed by atoms with Crippen LogP contribution in [0, 0.1) is 6.92 Å². The Morgan fingerprint density at radius 2 is 1.76 bits per heavy atom. The van der Waals surface area contributed by atoms with Crippen LogP contribution in [-0.2, 0) is 23.5 Å². The summed E-state index contributed by atoms with van der Waals surface area (Å²) >= 11 is 1.54. The molecule has 1 saturated heterocycles. The van der Waals surface area contributed by atoms with Gasteiger partial charge in [0, 0.05) is 57.4 Å². The molecule has 1 aliphatic rings. The molecule has 0 spiro atoms. The molecule has 1 fully saturated rings. The number of ether oxygens (including phenoxy) is 2. The van der Waals surface area contributed by atoms with Crippen LogP contribution < -0.4 is 19.1 Å². The summed E-state index contributed by atoms with van der Waals surface area (Å²) in [5, 5.41) is 1.18. The average Bonchev–Trinajstić information content (AvgIpc) is 3.51. The van der Waals surface area contributed by atoms with Gasteiger partial charge >= 0.3 is 0 Å². The molecule has 0 radical (unpaired) electrons. The molecule has 1 N–H and O–H groups in total. The van der Waals surface area contributed by atoms with E-state index in [1.54, 1.807) is 31.7 Å². The first kappa shape index (κ1) is 26.3. The lowest BCUT2D eigenvalue weighted by Crippen LogP contribution is -2.47. The maximum absolute atomic E-state index is 13.1. The zero-order valence-electron chi connectivity index (χ0n) is 22.0. The van der Waals surface area contributed by atoms with Gasteiger partial charge in [-0.05, 0) is 48.6 Å². The van der Waals surface area contributed by atoms with Crippen LogP contribution in [0.2, 0.25) is 0 Å². The van der Waals surface area contributed by atoms with Crippen molar-refractivity contribution in [3.63, 3.8) is 0 Å². The number of imidazole rings is 1. The molecule has 0 atom stereocenters. The standard InChI is InChI=1S/C26H32N6O4S2/c1-18-27-25(17-30(18)2)38(33,34)29-21-16-23(36-4)22(35-3)15-19(21)9-10-31-11-13-32(14-12-31)26-20-7-5-6-8-24(20)37-28-26/h5-8,15-17,29H,9-14H2,1-4H3. The molecular weight excluding hydrogens is 524 g/mol. The van der Waals surface area contributed by atoms with Gasteiger partial charge in [-0.1, -0.05) is 12.1 Å². The van der Waals surface area contributed by atoms with E-state index >= 15 is 0 Å². The summed E-state index contributed by atoms with van der Waals surface area (Å²) in [6, 6.07) is 11.9. The van der Waals surface area contributed by atoms with E-state index in [0.717, 1.165) is 44.1 Å². The Morgan fingerprint density at radius 1 is 1.05 bits per heavy atom. The fourth-order valence-corrected chi connectivity index (χ4v) is 6.57. The zero-order valence-corrected chi connectivity index (χ0v) is 23.6. The molecule has 1 aliphatic heterocycles. The highest BCUT2D eigenvalue weighted by atomic mass is 32.2. The van der Waals surface area contributed by atoms with Crippen LogP contribution in [0.15, 0.2) is 47.6 Å². The van der Waals surface area contributed by atoms with E-state index in [9.17, 15) is 8.42 Å². The molecule has 5 rings (SSSR count). The quantitative estimate of drug-likeness (QED) is 0.334.